The minimum Gasteiger partial charge on any atom is -0.423 e. The Bertz CT molecular complexity index is 278. The Kier molecular flexibility index (Phi) is 2.67. The largest absolute Gasteiger partial charge is 0.490 e. The summed E-state index contributed by atoms with van der Waals surface area (Å²) in [5.41, 5.74) is 6.48. The number of nitrogen functional groups attached to an aromatic ring is 1. The van der Waals surface area contributed by atoms with Crippen molar-refractivity contribution in [1.82, 2.24) is 4.98 Å². The Balaban J connectivity index is 3.11. The molecular formula is C7H11BN2O2. The number of aromatic nitrogens is 1. The molecule has 12 heavy (non-hydrogen) atoms. The van der Waals surface area contributed by atoms with Crippen LogP contribution in [0.3, 0.4) is 0 Å². The van der Waals surface area contributed by atoms with Crippen LogP contribution in [0.5, 0.6) is 0 Å². The maximum Gasteiger partial charge on any atom is 0.490 e. The van der Waals surface area contributed by atoms with E-state index in [1.165, 1.54) is 0 Å². The zero-order valence-electron chi connectivity index (χ0n) is 6.86. The van der Waals surface area contributed by atoms with Gasteiger partial charge in [-0.3, -0.25) is 0 Å². The Morgan fingerprint density at radius 3 is 2.67 bits per heavy atom. The van der Waals surface area contributed by atoms with Crippen LogP contribution in [0.25, 0.3) is 0 Å². The molecule has 0 bridgehead atoms. The first-order valence-corrected chi connectivity index (χ1v) is 3.76. The predicted molar refractivity (Wildman–Crippen MR) is 47.9 cm³/mol. The summed E-state index contributed by atoms with van der Waals surface area (Å²) in [4.78, 5) is 3.97. The third-order valence-electron chi connectivity index (χ3n) is 1.64. The predicted octanol–water partition coefficient (Wildman–Crippen LogP) is -1.09. The smallest absolute Gasteiger partial charge is 0.423 e. The van der Waals surface area contributed by atoms with E-state index in [-0.39, 0.29) is 0 Å². The minimum atomic E-state index is -1.46. The fraction of sp³-hybridized carbons (Fsp3) is 0.286. The first kappa shape index (κ1) is 9.03. The molecule has 1 aromatic heterocycles. The number of nitrogens with zero attached hydrogens (tertiary/aromatic N) is 1. The Morgan fingerprint density at radius 1 is 1.50 bits per heavy atom. The molecule has 0 aliphatic carbocycles. The molecule has 1 rings (SSSR count). The molecule has 0 fully saturated rings. The van der Waals surface area contributed by atoms with Crippen LogP contribution in [0.1, 0.15) is 12.6 Å². The van der Waals surface area contributed by atoms with Gasteiger partial charge in [-0.15, -0.1) is 0 Å². The molecule has 0 saturated heterocycles. The summed E-state index contributed by atoms with van der Waals surface area (Å²) in [5, 5.41) is 17.8. The highest BCUT2D eigenvalue weighted by Gasteiger charge is 2.15. The van der Waals surface area contributed by atoms with Crippen LogP contribution in [-0.4, -0.2) is 22.2 Å². The summed E-state index contributed by atoms with van der Waals surface area (Å²) in [5.74, 6) is 0.399. The number of aryl methyl sites for hydroxylation is 1. The third kappa shape index (κ3) is 1.75. The van der Waals surface area contributed by atoms with Crippen LogP contribution in [0, 0.1) is 0 Å². The summed E-state index contributed by atoms with van der Waals surface area (Å²) >= 11 is 0. The van der Waals surface area contributed by atoms with Crippen molar-refractivity contribution in [2.75, 3.05) is 5.73 Å². The average Bonchev–Trinajstić information content (AvgIpc) is 2.03. The highest BCUT2D eigenvalue weighted by Crippen LogP contribution is 1.99. The highest BCUT2D eigenvalue weighted by molar-refractivity contribution is 6.59. The summed E-state index contributed by atoms with van der Waals surface area (Å²) in [6, 6.07) is 3.12. The van der Waals surface area contributed by atoms with Crippen molar-refractivity contribution in [3.8, 4) is 0 Å². The van der Waals surface area contributed by atoms with Gasteiger partial charge in [0, 0.05) is 11.2 Å². The number of pyridine rings is 1. The van der Waals surface area contributed by atoms with E-state index in [1.54, 1.807) is 12.1 Å². The minimum absolute atomic E-state index is 0.399. The van der Waals surface area contributed by atoms with Crippen molar-refractivity contribution in [2.45, 2.75) is 13.3 Å². The first-order valence-electron chi connectivity index (χ1n) is 3.76. The van der Waals surface area contributed by atoms with Gasteiger partial charge in [0.2, 0.25) is 0 Å². The van der Waals surface area contributed by atoms with E-state index < -0.39 is 7.12 Å². The van der Waals surface area contributed by atoms with Gasteiger partial charge in [0.25, 0.3) is 0 Å². The summed E-state index contributed by atoms with van der Waals surface area (Å²) in [6.07, 6.45) is 0.637. The van der Waals surface area contributed by atoms with E-state index in [2.05, 4.69) is 4.98 Å². The van der Waals surface area contributed by atoms with Gasteiger partial charge in [0.15, 0.2) is 0 Å². The molecule has 0 aromatic carbocycles. The van der Waals surface area contributed by atoms with Crippen LogP contribution < -0.4 is 11.2 Å². The Morgan fingerprint density at radius 2 is 2.17 bits per heavy atom. The standard InChI is InChI=1S/C7H11BN2O2/c1-2-6-5(8(11)12)3-4-7(9)10-6/h3-4,11-12H,2H2,1H3,(H2,9,10). The van der Waals surface area contributed by atoms with Crippen LogP contribution in [0.4, 0.5) is 5.82 Å². The van der Waals surface area contributed by atoms with Gasteiger partial charge in [-0.25, -0.2) is 4.98 Å². The molecule has 5 heteroatoms. The van der Waals surface area contributed by atoms with Crippen LogP contribution in [0.15, 0.2) is 12.1 Å². The molecule has 0 unspecified atom stereocenters. The lowest BCUT2D eigenvalue weighted by molar-refractivity contribution is 0.425. The number of anilines is 1. The number of hydrogen-bond donors (Lipinski definition) is 3. The van der Waals surface area contributed by atoms with Crippen LogP contribution in [-0.2, 0) is 6.42 Å². The first-order chi connectivity index (χ1) is 5.65. The van der Waals surface area contributed by atoms with Gasteiger partial charge in [0.05, 0.1) is 0 Å². The second-order valence-corrected chi connectivity index (χ2v) is 2.50. The fourth-order valence-electron chi connectivity index (χ4n) is 1.05. The zero-order chi connectivity index (χ0) is 9.14. The van der Waals surface area contributed by atoms with Gasteiger partial charge in [-0.2, -0.15) is 0 Å². The summed E-state index contributed by atoms with van der Waals surface area (Å²) in [6.45, 7) is 1.88. The van der Waals surface area contributed by atoms with Crippen molar-refractivity contribution < 1.29 is 10.0 Å². The SMILES string of the molecule is CCc1nc(N)ccc1B(O)O. The molecule has 0 amide bonds. The maximum absolute atomic E-state index is 8.90. The molecule has 1 aromatic rings. The lowest BCUT2D eigenvalue weighted by Crippen LogP contribution is -2.33. The molecule has 4 nitrogen and oxygen atoms in total. The van der Waals surface area contributed by atoms with E-state index >= 15 is 0 Å². The molecule has 0 saturated carbocycles. The molecule has 0 spiro atoms. The second-order valence-electron chi connectivity index (χ2n) is 2.50. The number of nitrogens with two attached hydrogens (primary N) is 1. The van der Waals surface area contributed by atoms with E-state index in [0.29, 0.717) is 23.4 Å². The molecule has 64 valence electrons. The lowest BCUT2D eigenvalue weighted by atomic mass is 9.78. The topological polar surface area (TPSA) is 79.4 Å². The second kappa shape index (κ2) is 3.56. The van der Waals surface area contributed by atoms with Gasteiger partial charge in [-0.05, 0) is 12.5 Å². The normalized spacial score (nSPS) is 9.92. The van der Waals surface area contributed by atoms with Gasteiger partial charge in [-0.1, -0.05) is 13.0 Å². The maximum atomic E-state index is 8.90. The lowest BCUT2D eigenvalue weighted by Gasteiger charge is -2.05. The molecule has 4 N–H and O–H groups in total. The van der Waals surface area contributed by atoms with E-state index in [4.69, 9.17) is 15.8 Å². The highest BCUT2D eigenvalue weighted by atomic mass is 16.4. The van der Waals surface area contributed by atoms with Crippen LogP contribution >= 0.6 is 0 Å². The Labute approximate surface area is 71.2 Å². The average molecular weight is 166 g/mol. The zero-order valence-corrected chi connectivity index (χ0v) is 6.86. The van der Waals surface area contributed by atoms with Crippen molar-refractivity contribution in [2.24, 2.45) is 0 Å². The summed E-state index contributed by atoms with van der Waals surface area (Å²) < 4.78 is 0. The van der Waals surface area contributed by atoms with E-state index in [0.717, 1.165) is 0 Å². The van der Waals surface area contributed by atoms with Crippen molar-refractivity contribution in [3.05, 3.63) is 17.8 Å². The number of rotatable bonds is 2. The van der Waals surface area contributed by atoms with Crippen LogP contribution in [0.2, 0.25) is 0 Å². The van der Waals surface area contributed by atoms with E-state index in [9.17, 15) is 0 Å². The quantitative estimate of drug-likeness (QED) is 0.487. The third-order valence-corrected chi connectivity index (χ3v) is 1.64. The molecule has 0 aliphatic rings. The number of hydrogen-bond acceptors (Lipinski definition) is 4. The van der Waals surface area contributed by atoms with Crippen molar-refractivity contribution in [3.63, 3.8) is 0 Å². The Hall–Kier alpha value is -1.07. The fourth-order valence-corrected chi connectivity index (χ4v) is 1.05. The molecular weight excluding hydrogens is 155 g/mol. The van der Waals surface area contributed by atoms with Crippen molar-refractivity contribution in [1.29, 1.82) is 0 Å². The van der Waals surface area contributed by atoms with Gasteiger partial charge >= 0.3 is 7.12 Å². The van der Waals surface area contributed by atoms with Crippen molar-refractivity contribution >= 4 is 18.4 Å². The molecule has 1 heterocycles. The monoisotopic (exact) mass is 166 g/mol. The van der Waals surface area contributed by atoms with Gasteiger partial charge < -0.3 is 15.8 Å². The molecule has 0 aliphatic heterocycles. The molecule has 0 atom stereocenters. The summed E-state index contributed by atoms with van der Waals surface area (Å²) in [7, 11) is -1.46. The van der Waals surface area contributed by atoms with E-state index in [1.807, 2.05) is 6.92 Å². The molecule has 0 radical (unpaired) electrons. The van der Waals surface area contributed by atoms with Gasteiger partial charge in [0.1, 0.15) is 5.82 Å².